The van der Waals surface area contributed by atoms with Crippen molar-refractivity contribution in [2.45, 2.75) is 26.8 Å². The Balaban J connectivity index is 2.28. The zero-order chi connectivity index (χ0) is 14.7. The monoisotopic (exact) mass is 279 g/mol. The summed E-state index contributed by atoms with van der Waals surface area (Å²) in [7, 11) is 1.90. The van der Waals surface area contributed by atoms with Crippen molar-refractivity contribution in [3.8, 4) is 0 Å². The third-order valence-corrected chi connectivity index (χ3v) is 3.51. The molecule has 2 rings (SSSR count). The Morgan fingerprint density at radius 1 is 1.25 bits per heavy atom. The quantitative estimate of drug-likeness (QED) is 0.911. The summed E-state index contributed by atoms with van der Waals surface area (Å²) in [6, 6.07) is 4.22. The Kier molecular flexibility index (Phi) is 4.49. The van der Waals surface area contributed by atoms with Gasteiger partial charge in [-0.2, -0.15) is 5.10 Å². The van der Waals surface area contributed by atoms with Gasteiger partial charge in [0, 0.05) is 11.3 Å². The Bertz CT molecular complexity index is 605. The van der Waals surface area contributed by atoms with Gasteiger partial charge in [0.2, 0.25) is 0 Å². The van der Waals surface area contributed by atoms with E-state index in [-0.39, 0.29) is 6.54 Å². The number of halogens is 2. The van der Waals surface area contributed by atoms with E-state index >= 15 is 0 Å². The van der Waals surface area contributed by atoms with E-state index in [4.69, 9.17) is 0 Å². The summed E-state index contributed by atoms with van der Waals surface area (Å²) in [5.41, 5.74) is 3.42. The van der Waals surface area contributed by atoms with Gasteiger partial charge in [0.1, 0.15) is 0 Å². The Morgan fingerprint density at radius 3 is 2.70 bits per heavy atom. The molecule has 0 aliphatic heterocycles. The van der Waals surface area contributed by atoms with Crippen molar-refractivity contribution in [2.75, 3.05) is 13.6 Å². The molecule has 0 unspecified atom stereocenters. The Hall–Kier alpha value is -1.75. The van der Waals surface area contributed by atoms with Gasteiger partial charge in [-0.05, 0) is 45.5 Å². The fourth-order valence-corrected chi connectivity index (χ4v) is 2.33. The number of aryl methyl sites for hydroxylation is 1. The molecule has 0 bridgehead atoms. The average Bonchev–Trinajstić information content (AvgIpc) is 2.68. The molecule has 20 heavy (non-hydrogen) atoms. The van der Waals surface area contributed by atoms with Crippen molar-refractivity contribution >= 4 is 0 Å². The van der Waals surface area contributed by atoms with Gasteiger partial charge in [0.25, 0.3) is 0 Å². The molecule has 0 radical (unpaired) electrons. The molecule has 1 aromatic heterocycles. The molecule has 3 nitrogen and oxygen atoms in total. The molecule has 0 saturated carbocycles. The highest BCUT2D eigenvalue weighted by Crippen LogP contribution is 2.17. The van der Waals surface area contributed by atoms with Gasteiger partial charge in [-0.15, -0.1) is 0 Å². The van der Waals surface area contributed by atoms with Crippen molar-refractivity contribution in [2.24, 2.45) is 0 Å². The number of aromatic nitrogens is 2. The first-order chi connectivity index (χ1) is 9.54. The van der Waals surface area contributed by atoms with Crippen LogP contribution in [0.25, 0.3) is 0 Å². The number of hydrogen-bond donors (Lipinski definition) is 1. The molecule has 0 atom stereocenters. The normalized spacial score (nSPS) is 11.1. The van der Waals surface area contributed by atoms with Crippen LogP contribution in [-0.4, -0.2) is 23.4 Å². The zero-order valence-electron chi connectivity index (χ0n) is 12.0. The number of hydrogen-bond acceptors (Lipinski definition) is 2. The first-order valence-electron chi connectivity index (χ1n) is 6.65. The molecule has 0 spiro atoms. The summed E-state index contributed by atoms with van der Waals surface area (Å²) in [4.78, 5) is 0. The average molecular weight is 279 g/mol. The van der Waals surface area contributed by atoms with Gasteiger partial charge in [0.05, 0.1) is 12.2 Å². The molecule has 5 heteroatoms. The predicted octanol–water partition coefficient (Wildman–Crippen LogP) is 2.59. The van der Waals surface area contributed by atoms with Crippen LogP contribution in [0.2, 0.25) is 0 Å². The molecule has 1 heterocycles. The van der Waals surface area contributed by atoms with E-state index in [2.05, 4.69) is 10.4 Å². The SMILES string of the molecule is CNCCc1c(C)nn(Cc2cccc(F)c2F)c1C. The molecule has 2 aromatic rings. The Morgan fingerprint density at radius 2 is 2.00 bits per heavy atom. The van der Waals surface area contributed by atoms with Crippen molar-refractivity contribution in [3.63, 3.8) is 0 Å². The van der Waals surface area contributed by atoms with Crippen LogP contribution in [-0.2, 0) is 13.0 Å². The Labute approximate surface area is 117 Å². The zero-order valence-corrected chi connectivity index (χ0v) is 12.0. The summed E-state index contributed by atoms with van der Waals surface area (Å²) in [6.45, 7) is 5.01. The topological polar surface area (TPSA) is 29.9 Å². The second kappa shape index (κ2) is 6.13. The van der Waals surface area contributed by atoms with Crippen LogP contribution in [0.15, 0.2) is 18.2 Å². The lowest BCUT2D eigenvalue weighted by Crippen LogP contribution is -2.11. The van der Waals surface area contributed by atoms with Crippen LogP contribution in [0.3, 0.4) is 0 Å². The van der Waals surface area contributed by atoms with E-state index < -0.39 is 11.6 Å². The standard InChI is InChI=1S/C15H19F2N3/c1-10-13(7-8-18-3)11(2)20(19-10)9-12-5-4-6-14(16)15(12)17/h4-6,18H,7-9H2,1-3H3. The van der Waals surface area contributed by atoms with E-state index in [1.54, 1.807) is 10.7 Å². The van der Waals surface area contributed by atoms with E-state index in [1.165, 1.54) is 6.07 Å². The molecular formula is C15H19F2N3. The highest BCUT2D eigenvalue weighted by Gasteiger charge is 2.14. The maximum absolute atomic E-state index is 13.7. The van der Waals surface area contributed by atoms with Gasteiger partial charge in [-0.25, -0.2) is 8.78 Å². The van der Waals surface area contributed by atoms with Crippen LogP contribution in [0, 0.1) is 25.5 Å². The minimum atomic E-state index is -0.820. The highest BCUT2D eigenvalue weighted by atomic mass is 19.2. The molecule has 0 aliphatic rings. The molecule has 1 aromatic carbocycles. The first kappa shape index (κ1) is 14.7. The van der Waals surface area contributed by atoms with Gasteiger partial charge in [-0.3, -0.25) is 4.68 Å². The molecule has 0 aliphatic carbocycles. The molecular weight excluding hydrogens is 260 g/mol. The molecule has 1 N–H and O–H groups in total. The number of likely N-dealkylation sites (N-methyl/N-ethyl adjacent to an activating group) is 1. The first-order valence-corrected chi connectivity index (χ1v) is 6.65. The van der Waals surface area contributed by atoms with E-state index in [0.29, 0.717) is 5.56 Å². The molecule has 0 saturated heterocycles. The number of benzene rings is 1. The van der Waals surface area contributed by atoms with Crippen molar-refractivity contribution in [1.82, 2.24) is 15.1 Å². The maximum Gasteiger partial charge on any atom is 0.163 e. The highest BCUT2D eigenvalue weighted by molar-refractivity contribution is 5.27. The van der Waals surface area contributed by atoms with Crippen LogP contribution in [0.4, 0.5) is 8.78 Å². The van der Waals surface area contributed by atoms with Gasteiger partial charge in [-0.1, -0.05) is 12.1 Å². The molecule has 0 amide bonds. The van der Waals surface area contributed by atoms with Crippen LogP contribution in [0.5, 0.6) is 0 Å². The maximum atomic E-state index is 13.7. The second-order valence-corrected chi connectivity index (χ2v) is 4.87. The minimum Gasteiger partial charge on any atom is -0.319 e. The summed E-state index contributed by atoms with van der Waals surface area (Å²) in [5, 5.41) is 7.53. The second-order valence-electron chi connectivity index (χ2n) is 4.87. The lowest BCUT2D eigenvalue weighted by atomic mass is 10.1. The number of rotatable bonds is 5. The smallest absolute Gasteiger partial charge is 0.163 e. The lowest BCUT2D eigenvalue weighted by molar-refractivity contribution is 0.490. The molecule has 0 fully saturated rings. The van der Waals surface area contributed by atoms with Crippen molar-refractivity contribution in [3.05, 3.63) is 52.3 Å². The molecule has 108 valence electrons. The summed E-state index contributed by atoms with van der Waals surface area (Å²) < 4.78 is 28.7. The summed E-state index contributed by atoms with van der Waals surface area (Å²) >= 11 is 0. The summed E-state index contributed by atoms with van der Waals surface area (Å²) in [5.74, 6) is -1.61. The van der Waals surface area contributed by atoms with Gasteiger partial charge < -0.3 is 5.32 Å². The van der Waals surface area contributed by atoms with Gasteiger partial charge in [0.15, 0.2) is 11.6 Å². The minimum absolute atomic E-state index is 0.246. The van der Waals surface area contributed by atoms with Crippen LogP contribution in [0.1, 0.15) is 22.5 Å². The van der Waals surface area contributed by atoms with Gasteiger partial charge >= 0.3 is 0 Å². The van der Waals surface area contributed by atoms with E-state index in [0.717, 1.165) is 36.0 Å². The predicted molar refractivity (Wildman–Crippen MR) is 74.8 cm³/mol. The van der Waals surface area contributed by atoms with Crippen molar-refractivity contribution in [1.29, 1.82) is 0 Å². The van der Waals surface area contributed by atoms with Crippen LogP contribution >= 0.6 is 0 Å². The largest absolute Gasteiger partial charge is 0.319 e. The number of nitrogens with one attached hydrogen (secondary N) is 1. The number of nitrogens with zero attached hydrogens (tertiary/aromatic N) is 2. The fourth-order valence-electron chi connectivity index (χ4n) is 2.33. The lowest BCUT2D eigenvalue weighted by Gasteiger charge is -2.07. The summed E-state index contributed by atoms with van der Waals surface area (Å²) in [6.07, 6.45) is 0.875. The van der Waals surface area contributed by atoms with Crippen molar-refractivity contribution < 1.29 is 8.78 Å². The van der Waals surface area contributed by atoms with E-state index in [1.807, 2.05) is 20.9 Å². The fraction of sp³-hybridized carbons (Fsp3) is 0.400. The van der Waals surface area contributed by atoms with E-state index in [9.17, 15) is 8.78 Å². The van der Waals surface area contributed by atoms with Crippen LogP contribution < -0.4 is 5.32 Å². The third kappa shape index (κ3) is 2.88. The third-order valence-electron chi connectivity index (χ3n) is 3.51.